The van der Waals surface area contributed by atoms with E-state index >= 15 is 0 Å². The van der Waals surface area contributed by atoms with Gasteiger partial charge in [0.2, 0.25) is 0 Å². The molecular formula is C15H20N2O4. The van der Waals surface area contributed by atoms with Crippen LogP contribution in [0.3, 0.4) is 0 Å². The van der Waals surface area contributed by atoms with Crippen molar-refractivity contribution < 1.29 is 19.4 Å². The minimum absolute atomic E-state index is 0.0981. The number of benzene rings is 1. The van der Waals surface area contributed by atoms with Gasteiger partial charge in [0, 0.05) is 31.9 Å². The van der Waals surface area contributed by atoms with Gasteiger partial charge < -0.3 is 19.6 Å². The van der Waals surface area contributed by atoms with Gasteiger partial charge in [-0.05, 0) is 18.2 Å². The van der Waals surface area contributed by atoms with E-state index in [-0.39, 0.29) is 18.9 Å². The Kier molecular flexibility index (Phi) is 4.80. The summed E-state index contributed by atoms with van der Waals surface area (Å²) in [4.78, 5) is 27.1. The van der Waals surface area contributed by atoms with Gasteiger partial charge in [0.1, 0.15) is 0 Å². The zero-order valence-corrected chi connectivity index (χ0v) is 12.3. The number of hydrogen-bond donors (Lipinski definition) is 1. The van der Waals surface area contributed by atoms with Crippen LogP contribution in [0.25, 0.3) is 0 Å². The van der Waals surface area contributed by atoms with Gasteiger partial charge in [-0.2, -0.15) is 0 Å². The molecule has 1 heterocycles. The SMILES string of the molecule is CN(C)c1cccc(C(=O)N2CCOCC2CC(=O)O)c1. The van der Waals surface area contributed by atoms with Gasteiger partial charge in [-0.25, -0.2) is 0 Å². The topological polar surface area (TPSA) is 70.1 Å². The summed E-state index contributed by atoms with van der Waals surface area (Å²) >= 11 is 0. The number of aliphatic carboxylic acids is 1. The van der Waals surface area contributed by atoms with Crippen LogP contribution in [0.5, 0.6) is 0 Å². The van der Waals surface area contributed by atoms with Crippen LogP contribution < -0.4 is 4.90 Å². The monoisotopic (exact) mass is 292 g/mol. The van der Waals surface area contributed by atoms with Crippen molar-refractivity contribution in [1.82, 2.24) is 4.90 Å². The Labute approximate surface area is 123 Å². The van der Waals surface area contributed by atoms with Crippen molar-refractivity contribution in [1.29, 1.82) is 0 Å². The van der Waals surface area contributed by atoms with E-state index in [1.54, 1.807) is 11.0 Å². The highest BCUT2D eigenvalue weighted by atomic mass is 16.5. The number of nitrogens with zero attached hydrogens (tertiary/aromatic N) is 2. The molecule has 1 saturated heterocycles. The standard InChI is InChI=1S/C15H20N2O4/c1-16(2)12-5-3-4-11(8-12)15(20)17-6-7-21-10-13(17)9-14(18)19/h3-5,8,13H,6-7,9-10H2,1-2H3,(H,18,19). The molecule has 6 heteroatoms. The highest BCUT2D eigenvalue weighted by Gasteiger charge is 2.29. The fraction of sp³-hybridized carbons (Fsp3) is 0.467. The number of carboxylic acids is 1. The molecule has 0 aromatic heterocycles. The number of carbonyl (C=O) groups is 2. The average molecular weight is 292 g/mol. The first-order chi connectivity index (χ1) is 9.99. The maximum atomic E-state index is 12.6. The molecular weight excluding hydrogens is 272 g/mol. The molecule has 6 nitrogen and oxygen atoms in total. The number of carboxylic acid groups (broad SMARTS) is 1. The molecule has 1 amide bonds. The number of hydrogen-bond acceptors (Lipinski definition) is 4. The Morgan fingerprint density at radius 3 is 2.86 bits per heavy atom. The van der Waals surface area contributed by atoms with Crippen LogP contribution in [0, 0.1) is 0 Å². The van der Waals surface area contributed by atoms with Gasteiger partial charge in [0.15, 0.2) is 0 Å². The molecule has 1 aliphatic rings. The van der Waals surface area contributed by atoms with Crippen molar-refractivity contribution >= 4 is 17.6 Å². The second-order valence-electron chi connectivity index (χ2n) is 5.27. The number of carbonyl (C=O) groups excluding carboxylic acids is 1. The third kappa shape index (κ3) is 3.72. The summed E-state index contributed by atoms with van der Waals surface area (Å²) in [5.74, 6) is -1.07. The Hall–Kier alpha value is -2.08. The molecule has 1 aromatic rings. The van der Waals surface area contributed by atoms with Crippen LogP contribution in [0.1, 0.15) is 16.8 Å². The number of anilines is 1. The summed E-state index contributed by atoms with van der Waals surface area (Å²) in [6.45, 7) is 1.13. The lowest BCUT2D eigenvalue weighted by molar-refractivity contribution is -0.139. The number of morpholine rings is 1. The lowest BCUT2D eigenvalue weighted by atomic mass is 10.1. The lowest BCUT2D eigenvalue weighted by Gasteiger charge is -2.35. The molecule has 1 aliphatic heterocycles. The fourth-order valence-electron chi connectivity index (χ4n) is 2.38. The summed E-state index contributed by atoms with van der Waals surface area (Å²) in [5.41, 5.74) is 1.50. The molecule has 1 fully saturated rings. The van der Waals surface area contributed by atoms with Crippen LogP contribution >= 0.6 is 0 Å². The Bertz CT molecular complexity index is 530. The summed E-state index contributed by atoms with van der Waals surface area (Å²) < 4.78 is 5.30. The number of rotatable bonds is 4. The van der Waals surface area contributed by atoms with E-state index in [9.17, 15) is 9.59 Å². The van der Waals surface area contributed by atoms with E-state index in [1.165, 1.54) is 0 Å². The Balaban J connectivity index is 2.20. The highest BCUT2D eigenvalue weighted by molar-refractivity contribution is 5.95. The molecule has 0 bridgehead atoms. The van der Waals surface area contributed by atoms with E-state index in [4.69, 9.17) is 9.84 Å². The number of ether oxygens (including phenoxy) is 1. The van der Waals surface area contributed by atoms with Gasteiger partial charge in [0.05, 0.1) is 25.7 Å². The first-order valence-corrected chi connectivity index (χ1v) is 6.87. The summed E-state index contributed by atoms with van der Waals surface area (Å²) in [5, 5.41) is 8.95. The summed E-state index contributed by atoms with van der Waals surface area (Å²) in [6.07, 6.45) is -0.0981. The maximum absolute atomic E-state index is 12.6. The van der Waals surface area contributed by atoms with E-state index in [1.807, 2.05) is 37.2 Å². The van der Waals surface area contributed by atoms with Crippen LogP contribution in [0.15, 0.2) is 24.3 Å². The van der Waals surface area contributed by atoms with Crippen molar-refractivity contribution in [2.24, 2.45) is 0 Å². The van der Waals surface area contributed by atoms with Gasteiger partial charge >= 0.3 is 5.97 Å². The molecule has 1 N–H and O–H groups in total. The first-order valence-electron chi connectivity index (χ1n) is 6.87. The molecule has 0 radical (unpaired) electrons. The quantitative estimate of drug-likeness (QED) is 0.899. The summed E-state index contributed by atoms with van der Waals surface area (Å²) in [7, 11) is 3.82. The second-order valence-corrected chi connectivity index (χ2v) is 5.27. The zero-order valence-electron chi connectivity index (χ0n) is 12.3. The molecule has 2 rings (SSSR count). The molecule has 0 spiro atoms. The van der Waals surface area contributed by atoms with Crippen molar-refractivity contribution in [3.05, 3.63) is 29.8 Å². The summed E-state index contributed by atoms with van der Waals surface area (Å²) in [6, 6.07) is 6.91. The molecule has 114 valence electrons. The minimum atomic E-state index is -0.926. The minimum Gasteiger partial charge on any atom is -0.481 e. The Morgan fingerprint density at radius 2 is 2.19 bits per heavy atom. The molecule has 1 unspecified atom stereocenters. The van der Waals surface area contributed by atoms with Crippen molar-refractivity contribution in [3.8, 4) is 0 Å². The van der Waals surface area contributed by atoms with Gasteiger partial charge in [-0.15, -0.1) is 0 Å². The van der Waals surface area contributed by atoms with Crippen LogP contribution in [0.4, 0.5) is 5.69 Å². The largest absolute Gasteiger partial charge is 0.481 e. The van der Waals surface area contributed by atoms with Gasteiger partial charge in [-0.1, -0.05) is 6.07 Å². The van der Waals surface area contributed by atoms with Crippen LogP contribution in [-0.4, -0.2) is 61.8 Å². The predicted molar refractivity (Wildman–Crippen MR) is 78.7 cm³/mol. The molecule has 1 aromatic carbocycles. The molecule has 1 atom stereocenters. The smallest absolute Gasteiger partial charge is 0.305 e. The van der Waals surface area contributed by atoms with Crippen LogP contribution in [-0.2, 0) is 9.53 Å². The second kappa shape index (κ2) is 6.58. The highest BCUT2D eigenvalue weighted by Crippen LogP contribution is 2.19. The number of amides is 1. The van der Waals surface area contributed by atoms with Crippen molar-refractivity contribution in [3.63, 3.8) is 0 Å². The lowest BCUT2D eigenvalue weighted by Crippen LogP contribution is -2.49. The molecule has 21 heavy (non-hydrogen) atoms. The zero-order chi connectivity index (χ0) is 15.4. The third-order valence-corrected chi connectivity index (χ3v) is 3.51. The van der Waals surface area contributed by atoms with Gasteiger partial charge in [0.25, 0.3) is 5.91 Å². The van der Waals surface area contributed by atoms with Crippen molar-refractivity contribution in [2.75, 3.05) is 38.8 Å². The van der Waals surface area contributed by atoms with Crippen molar-refractivity contribution in [2.45, 2.75) is 12.5 Å². The van der Waals surface area contributed by atoms with E-state index < -0.39 is 12.0 Å². The van der Waals surface area contributed by atoms with E-state index in [2.05, 4.69) is 0 Å². The van der Waals surface area contributed by atoms with Crippen LogP contribution in [0.2, 0.25) is 0 Å². The van der Waals surface area contributed by atoms with E-state index in [0.29, 0.717) is 18.7 Å². The maximum Gasteiger partial charge on any atom is 0.305 e. The molecule has 0 saturated carbocycles. The van der Waals surface area contributed by atoms with E-state index in [0.717, 1.165) is 5.69 Å². The average Bonchev–Trinajstić information content (AvgIpc) is 2.46. The Morgan fingerprint density at radius 1 is 1.43 bits per heavy atom. The van der Waals surface area contributed by atoms with Gasteiger partial charge in [-0.3, -0.25) is 9.59 Å². The fourth-order valence-corrected chi connectivity index (χ4v) is 2.38. The predicted octanol–water partition coefficient (Wildman–Crippen LogP) is 1.07. The molecule has 0 aliphatic carbocycles. The first kappa shape index (κ1) is 15.3. The normalized spacial score (nSPS) is 18.4. The third-order valence-electron chi connectivity index (χ3n) is 3.51.